The van der Waals surface area contributed by atoms with E-state index in [2.05, 4.69) is 88.4 Å². The predicted molar refractivity (Wildman–Crippen MR) is 128 cm³/mol. The van der Waals surface area contributed by atoms with Crippen LogP contribution >= 0.6 is 11.3 Å². The van der Waals surface area contributed by atoms with E-state index in [1.807, 2.05) is 17.4 Å². The Morgan fingerprint density at radius 2 is 1.55 bits per heavy atom. The first-order valence-corrected chi connectivity index (χ1v) is 18.7. The second-order valence-electron chi connectivity index (χ2n) is 8.48. The van der Waals surface area contributed by atoms with Gasteiger partial charge in [-0.05, 0) is 0 Å². The Morgan fingerprint density at radius 3 is 2.10 bits per heavy atom. The van der Waals surface area contributed by atoms with Crippen LogP contribution in [0, 0.1) is 0 Å². The van der Waals surface area contributed by atoms with Crippen LogP contribution in [0.5, 0.6) is 0 Å². The van der Waals surface area contributed by atoms with Gasteiger partial charge in [0.15, 0.2) is 0 Å². The molecule has 3 rings (SSSR count). The van der Waals surface area contributed by atoms with Crippen LogP contribution in [-0.4, -0.2) is 14.3 Å². The second kappa shape index (κ2) is 11.0. The first-order valence-electron chi connectivity index (χ1n) is 10.8. The van der Waals surface area contributed by atoms with Crippen LogP contribution in [-0.2, 0) is 43.5 Å². The zero-order valence-electron chi connectivity index (χ0n) is 19.1. The van der Waals surface area contributed by atoms with Gasteiger partial charge in [-0.3, -0.25) is 0 Å². The molecule has 0 spiro atoms. The summed E-state index contributed by atoms with van der Waals surface area (Å²) in [5, 5.41) is 0. The SMILES string of the molecule is CC(=O)[O][Hg][c]1cc(-c2ccccc2)c([Si](OCc2ccccc2)(C(C)C)C(C)C)s1. The summed E-state index contributed by atoms with van der Waals surface area (Å²) in [6, 6.07) is 23.3. The molecular weight excluding hydrogens is 609 g/mol. The molecule has 0 aliphatic carbocycles. The van der Waals surface area contributed by atoms with E-state index in [0.29, 0.717) is 17.7 Å². The molecule has 3 nitrogen and oxygen atoms in total. The molecule has 0 unspecified atom stereocenters. The Labute approximate surface area is 204 Å². The van der Waals surface area contributed by atoms with Crippen molar-refractivity contribution < 1.29 is 36.9 Å². The number of hydrogen-bond acceptors (Lipinski definition) is 4. The van der Waals surface area contributed by atoms with E-state index < -0.39 is 33.3 Å². The molecule has 0 aliphatic heterocycles. The average Bonchev–Trinajstić information content (AvgIpc) is 3.18. The van der Waals surface area contributed by atoms with Gasteiger partial charge in [0.05, 0.1) is 0 Å². The maximum absolute atomic E-state index is 11.5. The van der Waals surface area contributed by atoms with Crippen molar-refractivity contribution in [1.29, 1.82) is 0 Å². The molecule has 6 heteroatoms. The van der Waals surface area contributed by atoms with Crippen molar-refractivity contribution in [3.8, 4) is 11.1 Å². The number of hydrogen-bond donors (Lipinski definition) is 0. The van der Waals surface area contributed by atoms with Crippen LogP contribution < -0.4 is 6.89 Å². The Kier molecular flexibility index (Phi) is 8.67. The van der Waals surface area contributed by atoms with E-state index in [4.69, 9.17) is 7.07 Å². The molecule has 0 bridgehead atoms. The van der Waals surface area contributed by atoms with E-state index >= 15 is 0 Å². The zero-order chi connectivity index (χ0) is 22.4. The Bertz CT molecular complexity index is 979. The number of thiophene rings is 1. The molecule has 0 aliphatic rings. The van der Waals surface area contributed by atoms with Gasteiger partial charge in [0, 0.05) is 0 Å². The molecule has 0 radical (unpaired) electrons. The summed E-state index contributed by atoms with van der Waals surface area (Å²) in [4.78, 5) is 11.5. The van der Waals surface area contributed by atoms with Crippen molar-refractivity contribution in [1.82, 2.24) is 0 Å². The van der Waals surface area contributed by atoms with Crippen molar-refractivity contribution in [3.63, 3.8) is 0 Å². The van der Waals surface area contributed by atoms with Gasteiger partial charge in [-0.25, -0.2) is 0 Å². The van der Waals surface area contributed by atoms with Gasteiger partial charge in [-0.15, -0.1) is 0 Å². The van der Waals surface area contributed by atoms with Gasteiger partial charge >= 0.3 is 205 Å². The second-order valence-corrected chi connectivity index (χ2v) is 21.9. The fourth-order valence-corrected chi connectivity index (χ4v) is 18.8. The van der Waals surface area contributed by atoms with E-state index in [9.17, 15) is 4.79 Å². The van der Waals surface area contributed by atoms with Crippen LogP contribution in [0.1, 0.15) is 40.2 Å². The average molecular weight is 639 g/mol. The predicted octanol–water partition coefficient (Wildman–Crippen LogP) is 5.79. The Balaban J connectivity index is 2.10. The number of rotatable bonds is 9. The monoisotopic (exact) mass is 640 g/mol. The van der Waals surface area contributed by atoms with Gasteiger partial charge in [0.25, 0.3) is 0 Å². The third-order valence-corrected chi connectivity index (χ3v) is 19.5. The Morgan fingerprint density at radius 1 is 0.968 bits per heavy atom. The van der Waals surface area contributed by atoms with E-state index in [1.165, 1.54) is 30.5 Å². The number of carbonyl (C=O) groups is 1. The van der Waals surface area contributed by atoms with Gasteiger partial charge in [-0.2, -0.15) is 0 Å². The summed E-state index contributed by atoms with van der Waals surface area (Å²) in [6.45, 7) is 11.4. The van der Waals surface area contributed by atoms with Crippen molar-refractivity contribution in [2.75, 3.05) is 0 Å². The van der Waals surface area contributed by atoms with Gasteiger partial charge in [0.2, 0.25) is 0 Å². The van der Waals surface area contributed by atoms with E-state index in [1.54, 1.807) is 0 Å². The molecule has 0 fully saturated rings. The summed E-state index contributed by atoms with van der Waals surface area (Å²) < 4.78 is 15.2. The Hall–Kier alpha value is -1.28. The summed E-state index contributed by atoms with van der Waals surface area (Å²) in [5.74, 6) is -0.158. The number of benzene rings is 2. The molecular formula is C25H30HgO3SSi. The molecule has 2 aromatic carbocycles. The maximum atomic E-state index is 11.5. The van der Waals surface area contributed by atoms with Crippen molar-refractivity contribution in [2.45, 2.75) is 52.3 Å². The molecule has 3 aromatic rings. The molecule has 1 aromatic heterocycles. The summed E-state index contributed by atoms with van der Waals surface area (Å²) in [6.07, 6.45) is 0. The molecule has 31 heavy (non-hydrogen) atoms. The van der Waals surface area contributed by atoms with Gasteiger partial charge < -0.3 is 0 Å². The van der Waals surface area contributed by atoms with Gasteiger partial charge in [0.1, 0.15) is 0 Å². The molecule has 0 saturated carbocycles. The van der Waals surface area contributed by atoms with Crippen molar-refractivity contribution >= 4 is 32.5 Å². The molecule has 0 saturated heterocycles. The first kappa shape index (κ1) is 24.4. The third kappa shape index (κ3) is 5.75. The zero-order valence-corrected chi connectivity index (χ0v) is 26.4. The van der Waals surface area contributed by atoms with Crippen LogP contribution in [0.25, 0.3) is 11.1 Å². The normalized spacial score (nSPS) is 11.6. The van der Waals surface area contributed by atoms with Gasteiger partial charge in [-0.1, -0.05) is 0 Å². The van der Waals surface area contributed by atoms with E-state index in [0.717, 1.165) is 0 Å². The third-order valence-electron chi connectivity index (χ3n) is 5.68. The van der Waals surface area contributed by atoms with Crippen LogP contribution in [0.3, 0.4) is 0 Å². The summed E-state index contributed by atoms with van der Waals surface area (Å²) >= 11 is -0.0902. The fourth-order valence-electron chi connectivity index (χ4n) is 4.18. The van der Waals surface area contributed by atoms with Crippen LogP contribution in [0.4, 0.5) is 0 Å². The minimum atomic E-state index is -2.36. The summed E-state index contributed by atoms with van der Waals surface area (Å²) in [5.41, 5.74) is 4.53. The standard InChI is InChI=1S/C23H27OSSi.C2H4O2.Hg/c1-18(2)26(19(3)4,24-17-20-11-7-5-8-12-20)23-22(15-16-25-23)21-13-9-6-10-14-21;1-2(3)4;/h5-15,18-19H,17H2,1-4H3;1H3,(H,3,4);/q;;+1/p-1. The fraction of sp³-hybridized carbons (Fsp3) is 0.320. The first-order chi connectivity index (χ1) is 14.8. The summed E-state index contributed by atoms with van der Waals surface area (Å²) in [7, 11) is -2.36. The van der Waals surface area contributed by atoms with Crippen LogP contribution in [0.2, 0.25) is 11.1 Å². The van der Waals surface area contributed by atoms with Crippen molar-refractivity contribution in [3.05, 3.63) is 72.3 Å². The minimum absolute atomic E-state index is 0.158. The molecule has 160 valence electrons. The topological polar surface area (TPSA) is 35.5 Å². The molecule has 1 heterocycles. The van der Waals surface area contributed by atoms with E-state index in [-0.39, 0.29) is 5.97 Å². The van der Waals surface area contributed by atoms with Crippen molar-refractivity contribution in [2.24, 2.45) is 0 Å². The molecule has 0 amide bonds. The molecule has 0 atom stereocenters. The molecule has 0 N–H and O–H groups in total. The number of carbonyl (C=O) groups excluding carboxylic acids is 1. The quantitative estimate of drug-likeness (QED) is 0.279. The van der Waals surface area contributed by atoms with Crippen LogP contribution in [0.15, 0.2) is 66.7 Å².